The maximum absolute atomic E-state index is 11.6. The van der Waals surface area contributed by atoms with E-state index in [0.29, 0.717) is 6.42 Å². The number of hydrogen-bond acceptors (Lipinski definition) is 3. The predicted octanol–water partition coefficient (Wildman–Crippen LogP) is 3.36. The Morgan fingerprint density at radius 3 is 3.06 bits per heavy atom. The summed E-state index contributed by atoms with van der Waals surface area (Å²) in [4.78, 5) is 12.7. The molecule has 1 aliphatic heterocycles. The zero-order valence-corrected chi connectivity index (χ0v) is 11.2. The van der Waals surface area contributed by atoms with E-state index >= 15 is 0 Å². The minimum atomic E-state index is -0.0148. The smallest absolute Gasteiger partial charge is 0.237 e. The Morgan fingerprint density at radius 1 is 1.44 bits per heavy atom. The third-order valence-corrected chi connectivity index (χ3v) is 4.16. The lowest BCUT2D eigenvalue weighted by molar-refractivity contribution is -0.115. The third kappa shape index (κ3) is 3.05. The summed E-state index contributed by atoms with van der Waals surface area (Å²) in [6.45, 7) is 1.92. The molecule has 3 nitrogen and oxygen atoms in total. The van der Waals surface area contributed by atoms with Crippen molar-refractivity contribution in [3.8, 4) is 6.07 Å². The van der Waals surface area contributed by atoms with Crippen molar-refractivity contribution in [2.45, 2.75) is 42.8 Å². The number of amides is 1. The summed E-state index contributed by atoms with van der Waals surface area (Å²) in [6, 6.07) is 8.40. The number of benzene rings is 1. The van der Waals surface area contributed by atoms with Crippen molar-refractivity contribution in [3.63, 3.8) is 0 Å². The van der Waals surface area contributed by atoms with Gasteiger partial charge in [0.1, 0.15) is 0 Å². The fourth-order valence-corrected chi connectivity index (χ4v) is 2.88. The number of carbonyl (C=O) groups excluding carboxylic acids is 1. The van der Waals surface area contributed by atoms with Crippen LogP contribution in [0.2, 0.25) is 0 Å². The van der Waals surface area contributed by atoms with Crippen LogP contribution in [0.3, 0.4) is 0 Å². The molecular weight excluding hydrogens is 244 g/mol. The highest BCUT2D eigenvalue weighted by atomic mass is 32.2. The zero-order valence-electron chi connectivity index (χ0n) is 10.4. The lowest BCUT2D eigenvalue weighted by atomic mass is 10.1. The topological polar surface area (TPSA) is 52.9 Å². The van der Waals surface area contributed by atoms with E-state index in [4.69, 9.17) is 5.26 Å². The second-order valence-electron chi connectivity index (χ2n) is 4.45. The number of hydrogen-bond donors (Lipinski definition) is 1. The van der Waals surface area contributed by atoms with Gasteiger partial charge in [-0.15, -0.1) is 11.8 Å². The molecule has 1 N–H and O–H groups in total. The highest BCUT2D eigenvalue weighted by Gasteiger charge is 2.22. The van der Waals surface area contributed by atoms with Crippen molar-refractivity contribution < 1.29 is 4.79 Å². The van der Waals surface area contributed by atoms with Gasteiger partial charge in [0.2, 0.25) is 5.91 Å². The lowest BCUT2D eigenvalue weighted by Crippen LogP contribution is -2.26. The first kappa shape index (κ1) is 13.0. The molecule has 4 heteroatoms. The van der Waals surface area contributed by atoms with Crippen molar-refractivity contribution >= 4 is 23.4 Å². The van der Waals surface area contributed by atoms with Crippen LogP contribution in [-0.4, -0.2) is 11.2 Å². The molecule has 1 heterocycles. The van der Waals surface area contributed by atoms with Crippen LogP contribution in [0.5, 0.6) is 0 Å². The van der Waals surface area contributed by atoms with Gasteiger partial charge in [-0.3, -0.25) is 4.79 Å². The summed E-state index contributed by atoms with van der Waals surface area (Å²) in [5.41, 5.74) is 2.16. The molecular formula is C14H16N2OS. The minimum Gasteiger partial charge on any atom is -0.324 e. The largest absolute Gasteiger partial charge is 0.324 e. The van der Waals surface area contributed by atoms with E-state index in [0.717, 1.165) is 29.8 Å². The fraction of sp³-hybridized carbons (Fsp3) is 0.429. The Bertz CT molecular complexity index is 493. The molecule has 1 aliphatic rings. The second-order valence-corrected chi connectivity index (χ2v) is 5.83. The Balaban J connectivity index is 2.02. The number of thioether (sulfide) groups is 1. The molecule has 1 aromatic carbocycles. The lowest BCUT2D eigenvalue weighted by Gasteiger charge is -2.21. The summed E-state index contributed by atoms with van der Waals surface area (Å²) in [7, 11) is 0. The van der Waals surface area contributed by atoms with Gasteiger partial charge in [-0.2, -0.15) is 5.26 Å². The number of rotatable bonds is 4. The van der Waals surface area contributed by atoms with Crippen molar-refractivity contribution in [3.05, 3.63) is 23.8 Å². The summed E-state index contributed by atoms with van der Waals surface area (Å²) in [5, 5.41) is 11.4. The van der Waals surface area contributed by atoms with Gasteiger partial charge in [0.05, 0.1) is 17.0 Å². The maximum atomic E-state index is 11.6. The molecule has 18 heavy (non-hydrogen) atoms. The van der Waals surface area contributed by atoms with Gasteiger partial charge in [-0.05, 0) is 43.9 Å². The number of nitrogens with zero attached hydrogens (tertiary/aromatic N) is 1. The van der Waals surface area contributed by atoms with Crippen LogP contribution in [0.4, 0.5) is 5.69 Å². The Morgan fingerprint density at radius 2 is 2.28 bits per heavy atom. The van der Waals surface area contributed by atoms with E-state index in [1.165, 1.54) is 5.56 Å². The normalized spacial score (nSPS) is 17.8. The van der Waals surface area contributed by atoms with Gasteiger partial charge < -0.3 is 5.32 Å². The molecule has 0 saturated carbocycles. The SMILES string of the molecule is CC1Sc2ccc(CCCCC#N)cc2NC1=O. The average Bonchev–Trinajstić information content (AvgIpc) is 2.36. The van der Waals surface area contributed by atoms with Gasteiger partial charge in [-0.25, -0.2) is 0 Å². The van der Waals surface area contributed by atoms with Crippen LogP contribution in [0.25, 0.3) is 0 Å². The van der Waals surface area contributed by atoms with Crippen LogP contribution in [0, 0.1) is 11.3 Å². The number of aryl methyl sites for hydroxylation is 1. The molecule has 0 fully saturated rings. The third-order valence-electron chi connectivity index (χ3n) is 2.98. The van der Waals surface area contributed by atoms with E-state index in [1.807, 2.05) is 6.92 Å². The standard InChI is InChI=1S/C14H16N2OS/c1-10-14(17)16-12-9-11(5-3-2-4-8-15)6-7-13(12)18-10/h6-7,9-10H,2-5H2,1H3,(H,16,17). The summed E-state index contributed by atoms with van der Waals surface area (Å²) in [5.74, 6) is 0.0779. The highest BCUT2D eigenvalue weighted by molar-refractivity contribution is 8.00. The van der Waals surface area contributed by atoms with Crippen LogP contribution in [-0.2, 0) is 11.2 Å². The molecule has 0 radical (unpaired) electrons. The minimum absolute atomic E-state index is 0.0148. The van der Waals surface area contributed by atoms with Gasteiger partial charge in [0, 0.05) is 11.3 Å². The van der Waals surface area contributed by atoms with E-state index in [1.54, 1.807) is 11.8 Å². The number of fused-ring (bicyclic) bond motifs is 1. The van der Waals surface area contributed by atoms with E-state index in [9.17, 15) is 4.79 Å². The molecule has 0 aromatic heterocycles. The van der Waals surface area contributed by atoms with Crippen molar-refractivity contribution in [2.75, 3.05) is 5.32 Å². The number of anilines is 1. The zero-order chi connectivity index (χ0) is 13.0. The molecule has 0 bridgehead atoms. The monoisotopic (exact) mass is 260 g/mol. The molecule has 0 spiro atoms. The van der Waals surface area contributed by atoms with Gasteiger partial charge in [0.25, 0.3) is 0 Å². The maximum Gasteiger partial charge on any atom is 0.237 e. The summed E-state index contributed by atoms with van der Waals surface area (Å²) < 4.78 is 0. The quantitative estimate of drug-likeness (QED) is 0.845. The highest BCUT2D eigenvalue weighted by Crippen LogP contribution is 2.36. The van der Waals surface area contributed by atoms with Gasteiger partial charge >= 0.3 is 0 Å². The fourth-order valence-electron chi connectivity index (χ4n) is 1.94. The number of nitrogens with one attached hydrogen (secondary N) is 1. The first-order valence-electron chi connectivity index (χ1n) is 6.18. The van der Waals surface area contributed by atoms with Crippen LogP contribution in [0.1, 0.15) is 31.7 Å². The number of carbonyl (C=O) groups is 1. The number of unbranched alkanes of at least 4 members (excludes halogenated alkanes) is 2. The molecule has 0 aliphatic carbocycles. The van der Waals surface area contributed by atoms with Crippen molar-refractivity contribution in [1.82, 2.24) is 0 Å². The molecule has 0 saturated heterocycles. The summed E-state index contributed by atoms with van der Waals surface area (Å²) >= 11 is 1.61. The molecule has 1 amide bonds. The Hall–Kier alpha value is -1.47. The van der Waals surface area contributed by atoms with E-state index < -0.39 is 0 Å². The average molecular weight is 260 g/mol. The van der Waals surface area contributed by atoms with Crippen LogP contribution < -0.4 is 5.32 Å². The molecule has 1 unspecified atom stereocenters. The van der Waals surface area contributed by atoms with Crippen molar-refractivity contribution in [2.24, 2.45) is 0 Å². The van der Waals surface area contributed by atoms with E-state index in [2.05, 4.69) is 29.6 Å². The summed E-state index contributed by atoms with van der Waals surface area (Å²) in [6.07, 6.45) is 3.54. The van der Waals surface area contributed by atoms with E-state index in [-0.39, 0.29) is 11.2 Å². The van der Waals surface area contributed by atoms with Crippen LogP contribution >= 0.6 is 11.8 Å². The molecule has 1 atom stereocenters. The Labute approximate surface area is 112 Å². The molecule has 94 valence electrons. The molecule has 2 rings (SSSR count). The predicted molar refractivity (Wildman–Crippen MR) is 73.6 cm³/mol. The van der Waals surface area contributed by atoms with Crippen LogP contribution in [0.15, 0.2) is 23.1 Å². The first-order chi connectivity index (χ1) is 8.70. The Kier molecular flexibility index (Phi) is 4.27. The first-order valence-corrected chi connectivity index (χ1v) is 7.06. The number of nitriles is 1. The van der Waals surface area contributed by atoms with Gasteiger partial charge in [0.15, 0.2) is 0 Å². The second kappa shape index (κ2) is 5.92. The van der Waals surface area contributed by atoms with Gasteiger partial charge in [-0.1, -0.05) is 6.07 Å². The van der Waals surface area contributed by atoms with Crippen molar-refractivity contribution in [1.29, 1.82) is 5.26 Å². The molecule has 1 aromatic rings.